The van der Waals surface area contributed by atoms with E-state index < -0.39 is 0 Å². The summed E-state index contributed by atoms with van der Waals surface area (Å²) in [6.07, 6.45) is 1.02. The number of likely N-dealkylation sites (N-methyl/N-ethyl adjacent to an activating group) is 1. The summed E-state index contributed by atoms with van der Waals surface area (Å²) in [6, 6.07) is 8.67. The van der Waals surface area contributed by atoms with Crippen molar-refractivity contribution in [3.05, 3.63) is 46.3 Å². The first kappa shape index (κ1) is 15.7. The predicted octanol–water partition coefficient (Wildman–Crippen LogP) is 2.21. The van der Waals surface area contributed by atoms with Crippen LogP contribution < -0.4 is 5.43 Å². The van der Waals surface area contributed by atoms with Crippen LogP contribution in [0.2, 0.25) is 0 Å². The molecule has 1 fully saturated rings. The van der Waals surface area contributed by atoms with Crippen LogP contribution in [0, 0.1) is 5.92 Å². The van der Waals surface area contributed by atoms with Gasteiger partial charge in [0.05, 0.1) is 5.39 Å². The molecule has 122 valence electrons. The number of fused-ring (bicyclic) bond motifs is 1. The van der Waals surface area contributed by atoms with E-state index in [0.29, 0.717) is 36.0 Å². The first-order valence-electron chi connectivity index (χ1n) is 8.00. The molecule has 0 bridgehead atoms. The Morgan fingerprint density at radius 1 is 1.30 bits per heavy atom. The predicted molar refractivity (Wildman–Crippen MR) is 89.6 cm³/mol. The van der Waals surface area contributed by atoms with E-state index >= 15 is 0 Å². The summed E-state index contributed by atoms with van der Waals surface area (Å²) < 4.78 is 5.68. The highest BCUT2D eigenvalue weighted by Crippen LogP contribution is 2.25. The number of nitrogens with zero attached hydrogens (tertiary/aromatic N) is 2. The molecule has 2 heterocycles. The molecule has 3 rings (SSSR count). The van der Waals surface area contributed by atoms with E-state index in [1.807, 2.05) is 14.1 Å². The van der Waals surface area contributed by atoms with Gasteiger partial charge in [-0.3, -0.25) is 9.59 Å². The SMILES string of the molecule is CC[C@@H]1CN(C(=O)c2cc(=O)c3ccccc3o2)C[C@@H]1N(C)C. The third kappa shape index (κ3) is 2.88. The van der Waals surface area contributed by atoms with Gasteiger partial charge in [-0.15, -0.1) is 0 Å². The maximum Gasteiger partial charge on any atom is 0.289 e. The number of likely N-dealkylation sites (tertiary alicyclic amines) is 1. The monoisotopic (exact) mass is 314 g/mol. The summed E-state index contributed by atoms with van der Waals surface area (Å²) in [4.78, 5) is 28.9. The molecular weight excluding hydrogens is 292 g/mol. The van der Waals surface area contributed by atoms with Crippen molar-refractivity contribution in [2.24, 2.45) is 5.92 Å². The summed E-state index contributed by atoms with van der Waals surface area (Å²) in [5.41, 5.74) is 0.282. The average Bonchev–Trinajstić information content (AvgIpc) is 2.98. The Hall–Kier alpha value is -2.14. The molecule has 0 aliphatic carbocycles. The number of hydrogen-bond acceptors (Lipinski definition) is 4. The van der Waals surface area contributed by atoms with Crippen molar-refractivity contribution in [3.63, 3.8) is 0 Å². The quantitative estimate of drug-likeness (QED) is 0.871. The molecule has 0 radical (unpaired) electrons. The second-order valence-electron chi connectivity index (χ2n) is 6.38. The molecule has 0 unspecified atom stereocenters. The Morgan fingerprint density at radius 2 is 2.04 bits per heavy atom. The fourth-order valence-corrected chi connectivity index (χ4v) is 3.37. The molecule has 0 spiro atoms. The summed E-state index contributed by atoms with van der Waals surface area (Å²) in [6.45, 7) is 3.51. The lowest BCUT2D eigenvalue weighted by molar-refractivity contribution is 0.0750. The van der Waals surface area contributed by atoms with Gasteiger partial charge >= 0.3 is 0 Å². The minimum atomic E-state index is -0.198. The molecule has 1 aromatic carbocycles. The summed E-state index contributed by atoms with van der Waals surface area (Å²) >= 11 is 0. The second-order valence-corrected chi connectivity index (χ2v) is 6.38. The van der Waals surface area contributed by atoms with Crippen LogP contribution in [0.1, 0.15) is 23.9 Å². The van der Waals surface area contributed by atoms with E-state index in [-0.39, 0.29) is 17.1 Å². The van der Waals surface area contributed by atoms with Crippen molar-refractivity contribution < 1.29 is 9.21 Å². The summed E-state index contributed by atoms with van der Waals surface area (Å²) in [5.74, 6) is 0.375. The molecule has 0 saturated carbocycles. The third-order valence-corrected chi connectivity index (χ3v) is 4.73. The van der Waals surface area contributed by atoms with Crippen molar-refractivity contribution in [1.82, 2.24) is 9.80 Å². The fourth-order valence-electron chi connectivity index (χ4n) is 3.37. The molecule has 5 heteroatoms. The van der Waals surface area contributed by atoms with Crippen LogP contribution in [0.4, 0.5) is 0 Å². The Bertz CT molecular complexity index is 781. The van der Waals surface area contributed by atoms with E-state index in [9.17, 15) is 9.59 Å². The number of benzene rings is 1. The van der Waals surface area contributed by atoms with Gasteiger partial charge in [-0.1, -0.05) is 25.5 Å². The lowest BCUT2D eigenvalue weighted by Crippen LogP contribution is -2.36. The van der Waals surface area contributed by atoms with E-state index in [4.69, 9.17) is 4.42 Å². The van der Waals surface area contributed by atoms with Crippen LogP contribution >= 0.6 is 0 Å². The Balaban J connectivity index is 1.91. The molecule has 2 aromatic rings. The summed E-state index contributed by atoms with van der Waals surface area (Å²) in [7, 11) is 4.08. The van der Waals surface area contributed by atoms with E-state index in [1.165, 1.54) is 6.07 Å². The lowest BCUT2D eigenvalue weighted by Gasteiger charge is -2.23. The maximum atomic E-state index is 12.7. The van der Waals surface area contributed by atoms with Crippen molar-refractivity contribution in [2.45, 2.75) is 19.4 Å². The van der Waals surface area contributed by atoms with Crippen LogP contribution in [-0.4, -0.2) is 48.9 Å². The van der Waals surface area contributed by atoms with Gasteiger partial charge < -0.3 is 14.2 Å². The van der Waals surface area contributed by atoms with Gasteiger partial charge in [0.25, 0.3) is 5.91 Å². The topological polar surface area (TPSA) is 53.8 Å². The standard InChI is InChI=1S/C18H22N2O3/c1-4-12-10-20(11-14(12)19(2)3)18(22)17-9-15(21)13-7-5-6-8-16(13)23-17/h5-9,12,14H,4,10-11H2,1-3H3/t12-,14+/m1/s1. The molecule has 23 heavy (non-hydrogen) atoms. The molecule has 2 atom stereocenters. The zero-order chi connectivity index (χ0) is 16.6. The Kier molecular flexibility index (Phi) is 4.22. The van der Waals surface area contributed by atoms with E-state index in [2.05, 4.69) is 11.8 Å². The minimum absolute atomic E-state index is 0.128. The first-order valence-corrected chi connectivity index (χ1v) is 8.00. The van der Waals surface area contributed by atoms with Gasteiger partial charge in [-0.25, -0.2) is 0 Å². The number of hydrogen-bond donors (Lipinski definition) is 0. The smallest absolute Gasteiger partial charge is 0.289 e. The molecule has 1 aliphatic heterocycles. The fraction of sp³-hybridized carbons (Fsp3) is 0.444. The van der Waals surface area contributed by atoms with Crippen LogP contribution in [-0.2, 0) is 0 Å². The number of carbonyl (C=O) groups excluding carboxylic acids is 1. The van der Waals surface area contributed by atoms with Crippen molar-refractivity contribution >= 4 is 16.9 Å². The van der Waals surface area contributed by atoms with Gasteiger partial charge in [-0.05, 0) is 32.1 Å². The van der Waals surface area contributed by atoms with Crippen LogP contribution in [0.25, 0.3) is 11.0 Å². The third-order valence-electron chi connectivity index (χ3n) is 4.73. The van der Waals surface area contributed by atoms with Crippen molar-refractivity contribution in [2.75, 3.05) is 27.2 Å². The number of para-hydroxylation sites is 1. The highest BCUT2D eigenvalue weighted by Gasteiger charge is 2.36. The van der Waals surface area contributed by atoms with Crippen LogP contribution in [0.3, 0.4) is 0 Å². The first-order chi connectivity index (χ1) is 11.0. The van der Waals surface area contributed by atoms with Crippen molar-refractivity contribution in [1.29, 1.82) is 0 Å². The Labute approximate surface area is 135 Å². The van der Waals surface area contributed by atoms with Crippen LogP contribution in [0.15, 0.2) is 39.5 Å². The van der Waals surface area contributed by atoms with Gasteiger partial charge in [0.15, 0.2) is 11.2 Å². The van der Waals surface area contributed by atoms with E-state index in [0.717, 1.165) is 6.42 Å². The normalized spacial score (nSPS) is 21.3. The van der Waals surface area contributed by atoms with E-state index in [1.54, 1.807) is 29.2 Å². The minimum Gasteiger partial charge on any atom is -0.451 e. The van der Waals surface area contributed by atoms with Gasteiger partial charge in [0.2, 0.25) is 0 Å². The molecule has 1 amide bonds. The van der Waals surface area contributed by atoms with Gasteiger partial charge in [-0.2, -0.15) is 0 Å². The summed E-state index contributed by atoms with van der Waals surface area (Å²) in [5, 5.41) is 0.503. The maximum absolute atomic E-state index is 12.7. The highest BCUT2D eigenvalue weighted by molar-refractivity contribution is 5.93. The zero-order valence-electron chi connectivity index (χ0n) is 13.8. The highest BCUT2D eigenvalue weighted by atomic mass is 16.3. The Morgan fingerprint density at radius 3 is 2.70 bits per heavy atom. The molecule has 1 aromatic heterocycles. The zero-order valence-corrected chi connectivity index (χ0v) is 13.8. The molecule has 5 nitrogen and oxygen atoms in total. The molecule has 1 saturated heterocycles. The lowest BCUT2D eigenvalue weighted by atomic mass is 10.0. The average molecular weight is 314 g/mol. The molecular formula is C18H22N2O3. The van der Waals surface area contributed by atoms with Crippen molar-refractivity contribution in [3.8, 4) is 0 Å². The second kappa shape index (κ2) is 6.16. The van der Waals surface area contributed by atoms with Crippen LogP contribution in [0.5, 0.6) is 0 Å². The number of carbonyl (C=O) groups is 1. The molecule has 0 N–H and O–H groups in total. The number of amides is 1. The molecule has 1 aliphatic rings. The largest absolute Gasteiger partial charge is 0.451 e. The van der Waals surface area contributed by atoms with Gasteiger partial charge in [0, 0.05) is 25.2 Å². The number of rotatable bonds is 3. The van der Waals surface area contributed by atoms with Gasteiger partial charge in [0.1, 0.15) is 5.58 Å².